The van der Waals surface area contributed by atoms with Gasteiger partial charge in [0, 0.05) is 32.2 Å². The van der Waals surface area contributed by atoms with Gasteiger partial charge in [-0.1, -0.05) is 12.1 Å². The zero-order valence-corrected chi connectivity index (χ0v) is 13.6. The Morgan fingerprint density at radius 3 is 2.77 bits per heavy atom. The van der Waals surface area contributed by atoms with Crippen LogP contribution in [0.15, 0.2) is 24.3 Å². The minimum absolute atomic E-state index is 0.0229. The van der Waals surface area contributed by atoms with Crippen molar-refractivity contribution in [3.05, 3.63) is 29.8 Å². The molecule has 4 nitrogen and oxygen atoms in total. The fraction of sp³-hybridized carbons (Fsp3) is 0.667. The van der Waals surface area contributed by atoms with Gasteiger partial charge in [0.1, 0.15) is 5.75 Å². The summed E-state index contributed by atoms with van der Waals surface area (Å²) >= 11 is 0. The van der Waals surface area contributed by atoms with Crippen LogP contribution < -0.4 is 10.1 Å². The van der Waals surface area contributed by atoms with E-state index < -0.39 is 0 Å². The summed E-state index contributed by atoms with van der Waals surface area (Å²) in [5.74, 6) is 0.937. The van der Waals surface area contributed by atoms with Crippen LogP contribution in [-0.4, -0.2) is 37.6 Å². The monoisotopic (exact) mass is 305 g/mol. The molecule has 1 N–H and O–H groups in total. The standard InChI is InChI=1S/C18H27NO3/c1-14(2)22-17-5-3-15(4-6-17)12-19-16-7-9-21-18(11-16)8-10-20-13-18/h3-6,14,16,19H,7-13H2,1-2H3/t16-,18-/m0/s1. The molecule has 2 atom stereocenters. The van der Waals surface area contributed by atoms with Gasteiger partial charge in [-0.05, 0) is 44.4 Å². The second kappa shape index (κ2) is 6.99. The van der Waals surface area contributed by atoms with E-state index in [0.717, 1.165) is 51.4 Å². The number of rotatable bonds is 5. The summed E-state index contributed by atoms with van der Waals surface area (Å²) in [5.41, 5.74) is 1.27. The van der Waals surface area contributed by atoms with Crippen molar-refractivity contribution in [3.63, 3.8) is 0 Å². The van der Waals surface area contributed by atoms with Gasteiger partial charge in [-0.15, -0.1) is 0 Å². The van der Waals surface area contributed by atoms with Crippen molar-refractivity contribution in [2.24, 2.45) is 0 Å². The lowest BCUT2D eigenvalue weighted by molar-refractivity contribution is -0.0894. The molecule has 0 aromatic heterocycles. The Morgan fingerprint density at radius 1 is 1.27 bits per heavy atom. The zero-order valence-electron chi connectivity index (χ0n) is 13.6. The quantitative estimate of drug-likeness (QED) is 0.908. The van der Waals surface area contributed by atoms with Gasteiger partial charge in [0.05, 0.1) is 18.3 Å². The summed E-state index contributed by atoms with van der Waals surface area (Å²) in [6.07, 6.45) is 3.39. The van der Waals surface area contributed by atoms with Crippen molar-refractivity contribution >= 4 is 0 Å². The van der Waals surface area contributed by atoms with Crippen LogP contribution in [0.25, 0.3) is 0 Å². The molecule has 2 saturated heterocycles. The summed E-state index contributed by atoms with van der Waals surface area (Å²) in [4.78, 5) is 0. The van der Waals surface area contributed by atoms with Crippen molar-refractivity contribution in [3.8, 4) is 5.75 Å². The molecule has 2 aliphatic rings. The van der Waals surface area contributed by atoms with Crippen LogP contribution in [0, 0.1) is 0 Å². The third-order valence-electron chi connectivity index (χ3n) is 4.45. The average molecular weight is 305 g/mol. The normalized spacial score (nSPS) is 28.4. The Morgan fingerprint density at radius 2 is 2.09 bits per heavy atom. The van der Waals surface area contributed by atoms with E-state index in [1.54, 1.807) is 0 Å². The first kappa shape index (κ1) is 15.8. The molecule has 0 radical (unpaired) electrons. The Kier molecular flexibility index (Phi) is 5.01. The molecule has 0 unspecified atom stereocenters. The van der Waals surface area contributed by atoms with Crippen LogP contribution in [0.2, 0.25) is 0 Å². The molecule has 3 rings (SSSR count). The van der Waals surface area contributed by atoms with Crippen molar-refractivity contribution < 1.29 is 14.2 Å². The van der Waals surface area contributed by atoms with Gasteiger partial charge in [0.2, 0.25) is 0 Å². The number of ether oxygens (including phenoxy) is 3. The maximum Gasteiger partial charge on any atom is 0.119 e. The molecule has 22 heavy (non-hydrogen) atoms. The van der Waals surface area contributed by atoms with Crippen molar-refractivity contribution in [1.82, 2.24) is 5.32 Å². The second-order valence-electron chi connectivity index (χ2n) is 6.72. The minimum atomic E-state index is -0.0229. The molecule has 1 aromatic carbocycles. The van der Waals surface area contributed by atoms with Crippen LogP contribution in [0.4, 0.5) is 0 Å². The second-order valence-corrected chi connectivity index (χ2v) is 6.72. The molecule has 0 bridgehead atoms. The van der Waals surface area contributed by atoms with Crippen molar-refractivity contribution in [2.45, 2.75) is 57.4 Å². The fourth-order valence-corrected chi connectivity index (χ4v) is 3.29. The molecule has 2 fully saturated rings. The van der Waals surface area contributed by atoms with Gasteiger partial charge in [-0.3, -0.25) is 0 Å². The molecule has 2 heterocycles. The zero-order chi connectivity index (χ0) is 15.4. The molecule has 4 heteroatoms. The molecule has 1 aromatic rings. The maximum absolute atomic E-state index is 5.98. The highest BCUT2D eigenvalue weighted by molar-refractivity contribution is 5.27. The molecule has 1 spiro atoms. The summed E-state index contributed by atoms with van der Waals surface area (Å²) in [6, 6.07) is 8.89. The predicted molar refractivity (Wildman–Crippen MR) is 86.2 cm³/mol. The van der Waals surface area contributed by atoms with Crippen LogP contribution >= 0.6 is 0 Å². The summed E-state index contributed by atoms with van der Waals surface area (Å²) in [6.45, 7) is 7.41. The topological polar surface area (TPSA) is 39.7 Å². The lowest BCUT2D eigenvalue weighted by Gasteiger charge is -2.37. The maximum atomic E-state index is 5.98. The molecular formula is C18H27NO3. The molecular weight excluding hydrogens is 278 g/mol. The van der Waals surface area contributed by atoms with E-state index in [1.165, 1.54) is 5.56 Å². The van der Waals surface area contributed by atoms with Crippen LogP contribution in [0.3, 0.4) is 0 Å². The van der Waals surface area contributed by atoms with E-state index in [2.05, 4.69) is 17.4 Å². The highest BCUT2D eigenvalue weighted by Gasteiger charge is 2.40. The first-order chi connectivity index (χ1) is 10.7. The number of hydrogen-bond donors (Lipinski definition) is 1. The van der Waals surface area contributed by atoms with E-state index in [-0.39, 0.29) is 11.7 Å². The summed E-state index contributed by atoms with van der Waals surface area (Å²) in [7, 11) is 0. The van der Waals surface area contributed by atoms with E-state index in [4.69, 9.17) is 14.2 Å². The smallest absolute Gasteiger partial charge is 0.119 e. The first-order valence-corrected chi connectivity index (χ1v) is 8.36. The van der Waals surface area contributed by atoms with E-state index in [1.807, 2.05) is 26.0 Å². The van der Waals surface area contributed by atoms with E-state index in [9.17, 15) is 0 Å². The SMILES string of the molecule is CC(C)Oc1ccc(CN[C@H]2CCO[C@@]3(CCOC3)C2)cc1. The van der Waals surface area contributed by atoms with Crippen LogP contribution in [0.1, 0.15) is 38.7 Å². The number of nitrogens with one attached hydrogen (secondary N) is 1. The largest absolute Gasteiger partial charge is 0.491 e. The number of hydrogen-bond acceptors (Lipinski definition) is 4. The molecule has 122 valence electrons. The third kappa shape index (κ3) is 4.00. The summed E-state index contributed by atoms with van der Waals surface area (Å²) in [5, 5.41) is 3.67. The Labute approximate surface area is 133 Å². The first-order valence-electron chi connectivity index (χ1n) is 8.36. The highest BCUT2D eigenvalue weighted by Crippen LogP contribution is 2.32. The van der Waals surface area contributed by atoms with Gasteiger partial charge in [-0.2, -0.15) is 0 Å². The van der Waals surface area contributed by atoms with Crippen molar-refractivity contribution in [1.29, 1.82) is 0 Å². The Hall–Kier alpha value is -1.10. The van der Waals surface area contributed by atoms with E-state index >= 15 is 0 Å². The van der Waals surface area contributed by atoms with Crippen LogP contribution in [0.5, 0.6) is 5.75 Å². The Bertz CT molecular complexity index is 466. The molecule has 0 saturated carbocycles. The van der Waals surface area contributed by atoms with Crippen molar-refractivity contribution in [2.75, 3.05) is 19.8 Å². The fourth-order valence-electron chi connectivity index (χ4n) is 3.29. The lowest BCUT2D eigenvalue weighted by atomic mass is 9.89. The van der Waals surface area contributed by atoms with Gasteiger partial charge in [0.15, 0.2) is 0 Å². The predicted octanol–water partition coefficient (Wildman–Crippen LogP) is 2.90. The summed E-state index contributed by atoms with van der Waals surface area (Å²) < 4.78 is 17.2. The lowest BCUT2D eigenvalue weighted by Crippen LogP contribution is -2.47. The van der Waals surface area contributed by atoms with Gasteiger partial charge in [-0.25, -0.2) is 0 Å². The highest BCUT2D eigenvalue weighted by atomic mass is 16.6. The van der Waals surface area contributed by atoms with Crippen LogP contribution in [-0.2, 0) is 16.0 Å². The molecule has 0 amide bonds. The Balaban J connectivity index is 1.49. The minimum Gasteiger partial charge on any atom is -0.491 e. The molecule has 0 aliphatic carbocycles. The number of benzene rings is 1. The van der Waals surface area contributed by atoms with Gasteiger partial charge in [0.25, 0.3) is 0 Å². The average Bonchev–Trinajstić information content (AvgIpc) is 2.94. The third-order valence-corrected chi connectivity index (χ3v) is 4.45. The molecule has 2 aliphatic heterocycles. The van der Waals surface area contributed by atoms with Gasteiger partial charge < -0.3 is 19.5 Å². The van der Waals surface area contributed by atoms with Gasteiger partial charge >= 0.3 is 0 Å². The van der Waals surface area contributed by atoms with E-state index in [0.29, 0.717) is 6.04 Å².